The van der Waals surface area contributed by atoms with Crippen LogP contribution in [0.3, 0.4) is 0 Å². The number of esters is 1. The van der Waals surface area contributed by atoms with Gasteiger partial charge in [0, 0.05) is 24.7 Å². The maximum absolute atomic E-state index is 13.3. The molecule has 2 aliphatic carbocycles. The van der Waals surface area contributed by atoms with E-state index in [1.54, 1.807) is 18.2 Å². The van der Waals surface area contributed by atoms with Gasteiger partial charge in [-0.05, 0) is 81.0 Å². The van der Waals surface area contributed by atoms with E-state index < -0.39 is 29.7 Å². The Morgan fingerprint density at radius 2 is 1.74 bits per heavy atom. The van der Waals surface area contributed by atoms with Gasteiger partial charge in [-0.3, -0.25) is 39.1 Å². The molecule has 2 aromatic carbocycles. The molecule has 43 heavy (non-hydrogen) atoms. The molecule has 0 aromatic heterocycles. The monoisotopic (exact) mass is 586 g/mol. The van der Waals surface area contributed by atoms with Gasteiger partial charge < -0.3 is 10.1 Å². The third-order valence-corrected chi connectivity index (χ3v) is 9.75. The Kier molecular flexibility index (Phi) is 8.05. The van der Waals surface area contributed by atoms with E-state index in [4.69, 9.17) is 4.74 Å². The minimum atomic E-state index is -0.974. The number of hydrogen-bond acceptors (Lipinski definition) is 8. The Balaban J connectivity index is 0.966. The summed E-state index contributed by atoms with van der Waals surface area (Å²) >= 11 is 0. The van der Waals surface area contributed by atoms with E-state index in [9.17, 15) is 24.0 Å². The molecular weight excluding hydrogens is 548 g/mol. The van der Waals surface area contributed by atoms with E-state index in [0.29, 0.717) is 48.3 Å². The van der Waals surface area contributed by atoms with Crippen molar-refractivity contribution in [2.45, 2.75) is 70.1 Å². The minimum absolute atomic E-state index is 0.0939. The maximum atomic E-state index is 13.3. The molecule has 1 atom stereocenters. The fourth-order valence-corrected chi connectivity index (χ4v) is 7.41. The van der Waals surface area contributed by atoms with Crippen molar-refractivity contribution in [3.8, 4) is 0 Å². The Labute approximate surface area is 251 Å². The summed E-state index contributed by atoms with van der Waals surface area (Å²) in [5.74, 6) is -1.71. The fraction of sp³-hybridized carbons (Fsp3) is 0.485. The number of imide groups is 2. The average Bonchev–Trinajstić information content (AvgIpc) is 3.24. The molecule has 1 unspecified atom stereocenters. The number of likely N-dealkylation sites (N-methyl/N-ethyl adjacent to an activating group) is 1. The van der Waals surface area contributed by atoms with Gasteiger partial charge in [-0.25, -0.2) is 0 Å². The molecule has 10 nitrogen and oxygen atoms in total. The number of carbonyl (C=O) groups excluding carboxylic acids is 5. The number of carbonyl (C=O) groups is 5. The van der Waals surface area contributed by atoms with E-state index in [1.165, 1.54) is 0 Å². The second-order valence-corrected chi connectivity index (χ2v) is 12.6. The Morgan fingerprint density at radius 1 is 1.00 bits per heavy atom. The topological polar surface area (TPSA) is 125 Å². The SMILES string of the molecule is CN(CC(=O)OCc1ccccc1)C1CCC2(CC1)CC(CNc1cccc3c1C(=O)N(C1CCC(=O)NC1=O)C3=O)C2. The summed E-state index contributed by atoms with van der Waals surface area (Å²) in [6.45, 7) is 1.29. The maximum Gasteiger partial charge on any atom is 0.320 e. The van der Waals surface area contributed by atoms with Crippen LogP contribution in [0.5, 0.6) is 0 Å². The minimum Gasteiger partial charge on any atom is -0.460 e. The summed E-state index contributed by atoms with van der Waals surface area (Å²) < 4.78 is 5.47. The number of benzene rings is 2. The molecule has 226 valence electrons. The Morgan fingerprint density at radius 3 is 2.47 bits per heavy atom. The third-order valence-electron chi connectivity index (χ3n) is 9.75. The molecule has 0 bridgehead atoms. The highest BCUT2D eigenvalue weighted by Gasteiger charge is 2.48. The quantitative estimate of drug-likeness (QED) is 0.338. The first-order chi connectivity index (χ1) is 20.7. The van der Waals surface area contributed by atoms with Gasteiger partial charge in [-0.2, -0.15) is 0 Å². The van der Waals surface area contributed by atoms with Crippen molar-refractivity contribution >= 4 is 35.3 Å². The van der Waals surface area contributed by atoms with Gasteiger partial charge in [0.1, 0.15) is 12.6 Å². The lowest BCUT2D eigenvalue weighted by Gasteiger charge is -2.52. The van der Waals surface area contributed by atoms with Gasteiger partial charge in [0.2, 0.25) is 11.8 Å². The van der Waals surface area contributed by atoms with Crippen molar-refractivity contribution in [3.63, 3.8) is 0 Å². The summed E-state index contributed by atoms with van der Waals surface area (Å²) in [4.78, 5) is 65.9. The fourth-order valence-electron chi connectivity index (χ4n) is 7.41. The lowest BCUT2D eigenvalue weighted by Crippen LogP contribution is -2.54. The largest absolute Gasteiger partial charge is 0.460 e. The van der Waals surface area contributed by atoms with Gasteiger partial charge in [0.05, 0.1) is 17.7 Å². The molecule has 2 aliphatic heterocycles. The van der Waals surface area contributed by atoms with Crippen LogP contribution in [0.2, 0.25) is 0 Å². The van der Waals surface area contributed by atoms with Crippen molar-refractivity contribution in [1.29, 1.82) is 0 Å². The van der Waals surface area contributed by atoms with Crippen LogP contribution in [0, 0.1) is 11.3 Å². The lowest BCUT2D eigenvalue weighted by molar-refractivity contribution is -0.147. The lowest BCUT2D eigenvalue weighted by atomic mass is 9.55. The number of piperidine rings is 1. The molecule has 2 saturated carbocycles. The van der Waals surface area contributed by atoms with Crippen LogP contribution in [0.4, 0.5) is 5.69 Å². The van der Waals surface area contributed by atoms with Crippen molar-refractivity contribution < 1.29 is 28.7 Å². The number of rotatable bonds is 9. The number of nitrogens with one attached hydrogen (secondary N) is 2. The normalized spacial score (nSPS) is 26.7. The molecule has 0 radical (unpaired) electrons. The second kappa shape index (κ2) is 11.9. The van der Waals surface area contributed by atoms with Gasteiger partial charge in [0.15, 0.2) is 0 Å². The smallest absolute Gasteiger partial charge is 0.320 e. The van der Waals surface area contributed by atoms with Crippen LogP contribution < -0.4 is 10.6 Å². The van der Waals surface area contributed by atoms with Crippen LogP contribution in [0.1, 0.15) is 77.6 Å². The standard InChI is InChI=1S/C33H38N4O6/c1-36(19-28(39)43-20-21-6-3-2-4-7-21)23-12-14-33(15-13-23)16-22(17-33)18-34-25-9-5-8-24-29(25)32(42)37(31(24)41)26-10-11-27(38)35-30(26)40/h2-9,22-23,26,34H,10-20H2,1H3,(H,35,38,40). The van der Waals surface area contributed by atoms with E-state index in [-0.39, 0.29) is 24.4 Å². The number of fused-ring (bicyclic) bond motifs is 1. The zero-order valence-corrected chi connectivity index (χ0v) is 24.5. The number of ether oxygens (including phenoxy) is 1. The number of anilines is 1. The second-order valence-electron chi connectivity index (χ2n) is 12.6. The highest BCUT2D eigenvalue weighted by molar-refractivity contribution is 6.25. The molecule has 4 aliphatic rings. The first-order valence-electron chi connectivity index (χ1n) is 15.2. The highest BCUT2D eigenvalue weighted by atomic mass is 16.5. The Bertz CT molecular complexity index is 1430. The highest BCUT2D eigenvalue weighted by Crippen LogP contribution is 2.55. The van der Waals surface area contributed by atoms with Gasteiger partial charge in [0.25, 0.3) is 11.8 Å². The first-order valence-corrected chi connectivity index (χ1v) is 15.2. The molecule has 6 rings (SSSR count). The molecular formula is C33H38N4O6. The van der Waals surface area contributed by atoms with Crippen LogP contribution >= 0.6 is 0 Å². The molecule has 1 saturated heterocycles. The van der Waals surface area contributed by atoms with Crippen molar-refractivity contribution in [3.05, 3.63) is 65.2 Å². The Hall–Kier alpha value is -4.05. The molecule has 1 spiro atoms. The van der Waals surface area contributed by atoms with Crippen molar-refractivity contribution in [2.75, 3.05) is 25.5 Å². The van der Waals surface area contributed by atoms with Crippen LogP contribution in [-0.4, -0.2) is 71.6 Å². The van der Waals surface area contributed by atoms with Crippen molar-refractivity contribution in [1.82, 2.24) is 15.1 Å². The first kappa shape index (κ1) is 29.0. The third kappa shape index (κ3) is 5.93. The molecule has 10 heteroatoms. The predicted octanol–water partition coefficient (Wildman–Crippen LogP) is 3.51. The van der Waals surface area contributed by atoms with Crippen molar-refractivity contribution in [2.24, 2.45) is 11.3 Å². The number of amides is 4. The summed E-state index contributed by atoms with van der Waals surface area (Å²) in [6.07, 6.45) is 6.83. The van der Waals surface area contributed by atoms with Crippen LogP contribution in [0.25, 0.3) is 0 Å². The summed E-state index contributed by atoms with van der Waals surface area (Å²) in [5.41, 5.74) is 2.52. The van der Waals surface area contributed by atoms with E-state index in [1.807, 2.05) is 37.4 Å². The predicted molar refractivity (Wildman–Crippen MR) is 158 cm³/mol. The van der Waals surface area contributed by atoms with E-state index >= 15 is 0 Å². The molecule has 3 fully saturated rings. The summed E-state index contributed by atoms with van der Waals surface area (Å²) in [7, 11) is 2.01. The molecule has 2 heterocycles. The van der Waals surface area contributed by atoms with Crippen LogP contribution in [-0.2, 0) is 25.7 Å². The number of nitrogens with zero attached hydrogens (tertiary/aromatic N) is 2. The van der Waals surface area contributed by atoms with Gasteiger partial charge in [-0.1, -0.05) is 36.4 Å². The van der Waals surface area contributed by atoms with E-state index in [0.717, 1.165) is 49.0 Å². The summed E-state index contributed by atoms with van der Waals surface area (Å²) in [6, 6.07) is 14.3. The zero-order chi connectivity index (χ0) is 30.1. The molecule has 4 amide bonds. The van der Waals surface area contributed by atoms with Gasteiger partial charge >= 0.3 is 5.97 Å². The molecule has 2 aromatic rings. The zero-order valence-electron chi connectivity index (χ0n) is 24.5. The number of hydrogen-bond donors (Lipinski definition) is 2. The summed E-state index contributed by atoms with van der Waals surface area (Å²) in [5, 5.41) is 5.66. The molecule has 2 N–H and O–H groups in total. The average molecular weight is 587 g/mol. The van der Waals surface area contributed by atoms with E-state index in [2.05, 4.69) is 15.5 Å². The van der Waals surface area contributed by atoms with Gasteiger partial charge in [-0.15, -0.1) is 0 Å². The van der Waals surface area contributed by atoms with Crippen LogP contribution in [0.15, 0.2) is 48.5 Å².